The molecule has 5 rings (SSSR count). The highest BCUT2D eigenvalue weighted by Gasteiger charge is 2.72. The summed E-state index contributed by atoms with van der Waals surface area (Å²) in [6, 6.07) is 0. The lowest BCUT2D eigenvalue weighted by molar-refractivity contribution is -0.124. The number of nitrogens with zero attached hydrogens (tertiary/aromatic N) is 2. The maximum absolute atomic E-state index is 12.9. The van der Waals surface area contributed by atoms with Crippen LogP contribution >= 0.6 is 0 Å². The smallest absolute Gasteiger partial charge is 0.410 e. The van der Waals surface area contributed by atoms with Crippen LogP contribution in [0, 0.1) is 17.8 Å². The van der Waals surface area contributed by atoms with E-state index in [1.54, 1.807) is 12.0 Å². The summed E-state index contributed by atoms with van der Waals surface area (Å²) in [5.74, 6) is 1.00. The van der Waals surface area contributed by atoms with Crippen LogP contribution in [0.15, 0.2) is 11.6 Å². The quantitative estimate of drug-likeness (QED) is 0.324. The molecule has 9 heteroatoms. The van der Waals surface area contributed by atoms with E-state index >= 15 is 0 Å². The highest BCUT2D eigenvalue weighted by atomic mass is 19.3. The molecule has 204 valence electrons. The topological polar surface area (TPSA) is 67.1 Å². The molecule has 0 aromatic rings. The number of hydrogen-bond acceptors (Lipinski definition) is 6. The number of carbonyl (C=O) groups excluding carboxylic acids is 1. The zero-order valence-electron chi connectivity index (χ0n) is 22.1. The van der Waals surface area contributed by atoms with Gasteiger partial charge in [0, 0.05) is 33.3 Å². The molecule has 0 aromatic carbocycles. The number of likely N-dealkylation sites (tertiary alicyclic amines) is 2. The SMILES string of the molecule is COC1C(OC(=O)N2CC(CCC3CN(CC(F)F)C3)C2)CCC2(CO2)C1[C@@]1(C)O[C@@H]1CC=C(C)C. The van der Waals surface area contributed by atoms with E-state index in [1.807, 2.05) is 4.90 Å². The van der Waals surface area contributed by atoms with Crippen molar-refractivity contribution >= 4 is 6.09 Å². The number of amides is 1. The average Bonchev–Trinajstić information content (AvgIpc) is 3.67. The molecule has 0 bridgehead atoms. The lowest BCUT2D eigenvalue weighted by Gasteiger charge is -2.45. The molecule has 1 saturated carbocycles. The molecular formula is C27H42F2N2O5. The maximum atomic E-state index is 12.9. The van der Waals surface area contributed by atoms with Crippen LogP contribution in [0.2, 0.25) is 0 Å². The van der Waals surface area contributed by atoms with Crippen molar-refractivity contribution in [1.29, 1.82) is 0 Å². The van der Waals surface area contributed by atoms with Crippen LogP contribution in [0.4, 0.5) is 13.6 Å². The van der Waals surface area contributed by atoms with Crippen molar-refractivity contribution < 1.29 is 32.5 Å². The van der Waals surface area contributed by atoms with Crippen LogP contribution in [0.1, 0.15) is 52.9 Å². The van der Waals surface area contributed by atoms with Crippen molar-refractivity contribution in [2.45, 2.75) is 88.8 Å². The molecule has 1 spiro atoms. The number of epoxide rings is 2. The van der Waals surface area contributed by atoms with E-state index < -0.39 is 6.43 Å². The van der Waals surface area contributed by atoms with E-state index in [4.69, 9.17) is 18.9 Å². The van der Waals surface area contributed by atoms with Crippen molar-refractivity contribution in [1.82, 2.24) is 9.80 Å². The standard InChI is InChI=1S/C27H42F2N2O5/c1-17(2)5-8-21-26(3,36-21)24-23(33-4)20(9-10-27(24)16-34-27)35-25(32)31-13-19(14-31)7-6-18-11-30(12-18)15-22(28)29/h5,18-24H,6-16H2,1-4H3/t20?,21-,23?,24?,26+,27?/m1/s1. The van der Waals surface area contributed by atoms with Crippen LogP contribution in [0.3, 0.4) is 0 Å². The molecule has 7 nitrogen and oxygen atoms in total. The highest BCUT2D eigenvalue weighted by molar-refractivity contribution is 5.69. The predicted octanol–water partition coefficient (Wildman–Crippen LogP) is 4.11. The molecule has 5 fully saturated rings. The number of hydrogen-bond donors (Lipinski definition) is 0. The monoisotopic (exact) mass is 512 g/mol. The summed E-state index contributed by atoms with van der Waals surface area (Å²) in [6.07, 6.45) is 3.75. The minimum Gasteiger partial charge on any atom is -0.443 e. The van der Waals surface area contributed by atoms with Gasteiger partial charge in [0.15, 0.2) is 0 Å². The molecule has 0 aromatic heterocycles. The fraction of sp³-hybridized carbons (Fsp3) is 0.889. The molecule has 1 amide bonds. The Labute approximate surface area is 213 Å². The number of methoxy groups -OCH3 is 1. The number of halogens is 2. The molecule has 4 aliphatic heterocycles. The van der Waals surface area contributed by atoms with Crippen LogP contribution in [0.25, 0.3) is 0 Å². The summed E-state index contributed by atoms with van der Waals surface area (Å²) >= 11 is 0. The summed E-state index contributed by atoms with van der Waals surface area (Å²) in [6.45, 7) is 9.89. The molecular weight excluding hydrogens is 470 g/mol. The zero-order valence-corrected chi connectivity index (χ0v) is 22.1. The maximum Gasteiger partial charge on any atom is 0.410 e. The van der Waals surface area contributed by atoms with Crippen LogP contribution in [0.5, 0.6) is 0 Å². The van der Waals surface area contributed by atoms with Gasteiger partial charge in [0.25, 0.3) is 6.43 Å². The van der Waals surface area contributed by atoms with Gasteiger partial charge in [0.1, 0.15) is 23.4 Å². The van der Waals surface area contributed by atoms with Gasteiger partial charge in [-0.2, -0.15) is 0 Å². The number of allylic oxidation sites excluding steroid dienone is 1. The Hall–Kier alpha value is -1.29. The van der Waals surface area contributed by atoms with Crippen LogP contribution in [-0.2, 0) is 18.9 Å². The molecule has 0 radical (unpaired) electrons. The molecule has 1 aliphatic carbocycles. The van der Waals surface area contributed by atoms with Gasteiger partial charge in [-0.3, -0.25) is 4.90 Å². The highest BCUT2D eigenvalue weighted by Crippen LogP contribution is 2.59. The second kappa shape index (κ2) is 10.1. The first kappa shape index (κ1) is 26.3. The molecule has 6 atom stereocenters. The predicted molar refractivity (Wildman–Crippen MR) is 130 cm³/mol. The van der Waals surface area contributed by atoms with Gasteiger partial charge in [0.2, 0.25) is 0 Å². The van der Waals surface area contributed by atoms with E-state index in [0.29, 0.717) is 31.5 Å². The lowest BCUT2D eigenvalue weighted by Crippen LogP contribution is -2.57. The Bertz CT molecular complexity index is 836. The van der Waals surface area contributed by atoms with E-state index in [0.717, 1.165) is 45.2 Å². The van der Waals surface area contributed by atoms with Gasteiger partial charge in [-0.25, -0.2) is 13.6 Å². The van der Waals surface area contributed by atoms with E-state index in [1.165, 1.54) is 5.57 Å². The Morgan fingerprint density at radius 1 is 1.17 bits per heavy atom. The van der Waals surface area contributed by atoms with Crippen molar-refractivity contribution in [3.63, 3.8) is 0 Å². The van der Waals surface area contributed by atoms with Crippen molar-refractivity contribution in [2.24, 2.45) is 17.8 Å². The number of carbonyl (C=O) groups is 1. The minimum atomic E-state index is -2.25. The van der Waals surface area contributed by atoms with Crippen LogP contribution in [-0.4, -0.2) is 98.3 Å². The summed E-state index contributed by atoms with van der Waals surface area (Å²) in [5.41, 5.74) is 0.702. The van der Waals surface area contributed by atoms with E-state index in [9.17, 15) is 13.6 Å². The zero-order chi connectivity index (χ0) is 25.7. The third-order valence-corrected chi connectivity index (χ3v) is 9.12. The number of rotatable bonds is 10. The van der Waals surface area contributed by atoms with Gasteiger partial charge in [-0.05, 0) is 64.7 Å². The van der Waals surface area contributed by atoms with E-state index in [2.05, 4.69) is 26.8 Å². The molecule has 4 saturated heterocycles. The van der Waals surface area contributed by atoms with Crippen molar-refractivity contribution in [3.8, 4) is 0 Å². The first-order chi connectivity index (χ1) is 17.1. The lowest BCUT2D eigenvalue weighted by atomic mass is 9.68. The third kappa shape index (κ3) is 5.31. The molecule has 4 heterocycles. The van der Waals surface area contributed by atoms with Crippen LogP contribution < -0.4 is 0 Å². The second-order valence-electron chi connectivity index (χ2n) is 12.1. The number of ether oxygens (including phenoxy) is 4. The summed E-state index contributed by atoms with van der Waals surface area (Å²) in [4.78, 5) is 16.5. The third-order valence-electron chi connectivity index (χ3n) is 9.12. The Morgan fingerprint density at radius 3 is 2.42 bits per heavy atom. The van der Waals surface area contributed by atoms with Gasteiger partial charge in [0.05, 0.1) is 25.2 Å². The summed E-state index contributed by atoms with van der Waals surface area (Å²) in [5, 5.41) is 0. The van der Waals surface area contributed by atoms with Crippen molar-refractivity contribution in [3.05, 3.63) is 11.6 Å². The normalized spacial score (nSPS) is 38.6. The van der Waals surface area contributed by atoms with E-state index in [-0.39, 0.29) is 48.1 Å². The molecule has 0 N–H and O–H groups in total. The van der Waals surface area contributed by atoms with Gasteiger partial charge < -0.3 is 23.8 Å². The summed E-state index contributed by atoms with van der Waals surface area (Å²) < 4.78 is 49.1. The number of alkyl halides is 2. The minimum absolute atomic E-state index is 0.0216. The molecule has 5 aliphatic rings. The Balaban J connectivity index is 1.09. The van der Waals surface area contributed by atoms with Crippen molar-refractivity contribution in [2.75, 3.05) is 46.4 Å². The second-order valence-corrected chi connectivity index (χ2v) is 12.1. The first-order valence-corrected chi connectivity index (χ1v) is 13.6. The molecule has 36 heavy (non-hydrogen) atoms. The summed E-state index contributed by atoms with van der Waals surface area (Å²) in [7, 11) is 1.69. The fourth-order valence-corrected chi connectivity index (χ4v) is 6.85. The average molecular weight is 513 g/mol. The Kier molecular flexibility index (Phi) is 7.40. The molecule has 4 unspecified atom stereocenters. The van der Waals surface area contributed by atoms with Gasteiger partial charge in [-0.1, -0.05) is 11.6 Å². The van der Waals surface area contributed by atoms with Gasteiger partial charge in [-0.15, -0.1) is 0 Å². The van der Waals surface area contributed by atoms with Gasteiger partial charge >= 0.3 is 6.09 Å². The fourth-order valence-electron chi connectivity index (χ4n) is 6.85. The first-order valence-electron chi connectivity index (χ1n) is 13.6. The Morgan fingerprint density at radius 2 is 1.83 bits per heavy atom. The largest absolute Gasteiger partial charge is 0.443 e.